The summed E-state index contributed by atoms with van der Waals surface area (Å²) < 4.78 is 11.2. The zero-order valence-corrected chi connectivity index (χ0v) is 13.5. The molecule has 6 heteroatoms. The molecule has 3 rings (SSSR count). The van der Waals surface area contributed by atoms with E-state index in [1.54, 1.807) is 42.5 Å². The molecular weight excluding hydrogens is 320 g/mol. The second-order valence-electron chi connectivity index (χ2n) is 5.40. The Morgan fingerprint density at radius 2 is 1.84 bits per heavy atom. The highest BCUT2D eigenvalue weighted by atomic mass is 16.6. The summed E-state index contributed by atoms with van der Waals surface area (Å²) in [6.07, 6.45) is 0.795. The zero-order chi connectivity index (χ0) is 17.6. The number of rotatable bonds is 5. The van der Waals surface area contributed by atoms with Crippen LogP contribution in [0.4, 0.5) is 5.69 Å². The molecule has 1 atom stereocenters. The molecule has 1 heterocycles. The minimum absolute atomic E-state index is 0.105. The highest BCUT2D eigenvalue weighted by Crippen LogP contribution is 2.31. The third kappa shape index (κ3) is 3.80. The van der Waals surface area contributed by atoms with Crippen LogP contribution in [-0.4, -0.2) is 31.1 Å². The molecule has 128 valence electrons. The van der Waals surface area contributed by atoms with Crippen molar-refractivity contribution < 1.29 is 19.1 Å². The average Bonchev–Trinajstić information content (AvgIpc) is 2.66. The van der Waals surface area contributed by atoms with Gasteiger partial charge < -0.3 is 20.1 Å². The minimum atomic E-state index is -0.792. The molecule has 0 aliphatic carbocycles. The number of hydrogen-bond acceptors (Lipinski definition) is 4. The molecule has 6 nitrogen and oxygen atoms in total. The molecule has 2 amide bonds. The lowest BCUT2D eigenvalue weighted by atomic mass is 10.1. The molecule has 2 aromatic carbocycles. The second kappa shape index (κ2) is 7.53. The van der Waals surface area contributed by atoms with Crippen LogP contribution in [0.1, 0.15) is 10.4 Å². The Morgan fingerprint density at radius 3 is 2.64 bits per heavy atom. The largest absolute Gasteiger partial charge is 0.485 e. The van der Waals surface area contributed by atoms with Crippen molar-refractivity contribution in [1.82, 2.24) is 5.32 Å². The van der Waals surface area contributed by atoms with Crippen LogP contribution in [0.25, 0.3) is 0 Å². The zero-order valence-electron chi connectivity index (χ0n) is 13.5. The van der Waals surface area contributed by atoms with Gasteiger partial charge in [0.2, 0.25) is 6.10 Å². The fourth-order valence-electron chi connectivity index (χ4n) is 2.41. The van der Waals surface area contributed by atoms with E-state index in [4.69, 9.17) is 9.47 Å². The van der Waals surface area contributed by atoms with Gasteiger partial charge in [-0.05, 0) is 24.3 Å². The molecule has 1 aliphatic heterocycles. The number of fused-ring (bicyclic) bond motifs is 1. The summed E-state index contributed by atoms with van der Waals surface area (Å²) in [5.74, 6) is 0.460. The lowest BCUT2D eigenvalue weighted by molar-refractivity contribution is -0.125. The maximum absolute atomic E-state index is 12.5. The first-order valence-electron chi connectivity index (χ1n) is 7.86. The Balaban J connectivity index is 1.72. The summed E-state index contributed by atoms with van der Waals surface area (Å²) in [4.78, 5) is 24.7. The maximum Gasteiger partial charge on any atom is 0.269 e. The molecule has 0 fully saturated rings. The quantitative estimate of drug-likeness (QED) is 0.821. The number of hydrogen-bond donors (Lipinski definition) is 2. The molecular formula is C19H18N2O4. The van der Waals surface area contributed by atoms with Gasteiger partial charge in [-0.1, -0.05) is 30.3 Å². The fraction of sp³-hybridized carbons (Fsp3) is 0.158. The highest BCUT2D eigenvalue weighted by molar-refractivity contribution is 6.04. The summed E-state index contributed by atoms with van der Waals surface area (Å²) in [5.41, 5.74) is 0.784. The summed E-state index contributed by atoms with van der Waals surface area (Å²) >= 11 is 0. The van der Waals surface area contributed by atoms with Crippen LogP contribution in [0.3, 0.4) is 0 Å². The third-order valence-corrected chi connectivity index (χ3v) is 3.64. The van der Waals surface area contributed by atoms with Crippen LogP contribution in [0, 0.1) is 0 Å². The van der Waals surface area contributed by atoms with E-state index in [-0.39, 0.29) is 18.4 Å². The average molecular weight is 338 g/mol. The van der Waals surface area contributed by atoms with Gasteiger partial charge in [0.05, 0.1) is 11.3 Å². The van der Waals surface area contributed by atoms with Gasteiger partial charge in [0.15, 0.2) is 11.5 Å². The second-order valence-corrected chi connectivity index (χ2v) is 5.40. The molecule has 2 N–H and O–H groups in total. The van der Waals surface area contributed by atoms with Gasteiger partial charge >= 0.3 is 0 Å². The SMILES string of the molecule is C=CCNC(=O)c1ccccc1NC(=O)[C@@H]1COc2ccccc2O1. The Labute approximate surface area is 145 Å². The predicted octanol–water partition coefficient (Wildman–Crippen LogP) is 2.38. The van der Waals surface area contributed by atoms with E-state index in [1.807, 2.05) is 12.1 Å². The molecule has 1 aliphatic rings. The van der Waals surface area contributed by atoms with Crippen molar-refractivity contribution in [2.75, 3.05) is 18.5 Å². The summed E-state index contributed by atoms with van der Waals surface area (Å²) in [6, 6.07) is 13.9. The summed E-state index contributed by atoms with van der Waals surface area (Å²) in [7, 11) is 0. The number of benzene rings is 2. The van der Waals surface area contributed by atoms with Gasteiger partial charge in [0.25, 0.3) is 11.8 Å². The third-order valence-electron chi connectivity index (χ3n) is 3.64. The van der Waals surface area contributed by atoms with E-state index in [0.717, 1.165) is 0 Å². The van der Waals surface area contributed by atoms with Gasteiger partial charge in [-0.25, -0.2) is 0 Å². The van der Waals surface area contributed by atoms with Crippen LogP contribution in [0.5, 0.6) is 11.5 Å². The van der Waals surface area contributed by atoms with Gasteiger partial charge in [-0.15, -0.1) is 6.58 Å². The van der Waals surface area contributed by atoms with Crippen LogP contribution in [0.2, 0.25) is 0 Å². The van der Waals surface area contributed by atoms with Crippen molar-refractivity contribution in [3.63, 3.8) is 0 Å². The molecule has 2 aromatic rings. The van der Waals surface area contributed by atoms with Gasteiger partial charge in [0.1, 0.15) is 6.61 Å². The molecule has 0 saturated carbocycles. The lowest BCUT2D eigenvalue weighted by Crippen LogP contribution is -2.40. The van der Waals surface area contributed by atoms with Crippen molar-refractivity contribution in [3.8, 4) is 11.5 Å². The fourth-order valence-corrected chi connectivity index (χ4v) is 2.41. The van der Waals surface area contributed by atoms with E-state index in [9.17, 15) is 9.59 Å². The van der Waals surface area contributed by atoms with E-state index in [0.29, 0.717) is 29.3 Å². The van der Waals surface area contributed by atoms with Gasteiger partial charge in [-0.2, -0.15) is 0 Å². The molecule has 0 bridgehead atoms. The normalized spacial score (nSPS) is 15.1. The first-order chi connectivity index (χ1) is 12.2. The lowest BCUT2D eigenvalue weighted by Gasteiger charge is -2.25. The standard InChI is InChI=1S/C19H18N2O4/c1-2-11-20-18(22)13-7-3-4-8-14(13)21-19(23)17-12-24-15-9-5-6-10-16(15)25-17/h2-10,17H,1,11-12H2,(H,20,22)(H,21,23)/t17-/m0/s1. The van der Waals surface area contributed by atoms with Crippen LogP contribution in [-0.2, 0) is 4.79 Å². The van der Waals surface area contributed by atoms with E-state index < -0.39 is 6.10 Å². The Morgan fingerprint density at radius 1 is 1.12 bits per heavy atom. The highest BCUT2D eigenvalue weighted by Gasteiger charge is 2.28. The van der Waals surface area contributed by atoms with Crippen LogP contribution in [0.15, 0.2) is 61.2 Å². The monoisotopic (exact) mass is 338 g/mol. The molecule has 0 unspecified atom stereocenters. The first kappa shape index (κ1) is 16.6. The minimum Gasteiger partial charge on any atom is -0.485 e. The molecule has 0 spiro atoms. The molecule has 0 aromatic heterocycles. The predicted molar refractivity (Wildman–Crippen MR) is 94.0 cm³/mol. The molecule has 0 saturated heterocycles. The number of para-hydroxylation sites is 3. The van der Waals surface area contributed by atoms with Crippen molar-refractivity contribution in [2.45, 2.75) is 6.10 Å². The van der Waals surface area contributed by atoms with Crippen LogP contribution < -0.4 is 20.1 Å². The topological polar surface area (TPSA) is 76.7 Å². The number of carbonyl (C=O) groups is 2. The first-order valence-corrected chi connectivity index (χ1v) is 7.86. The molecule has 25 heavy (non-hydrogen) atoms. The maximum atomic E-state index is 12.5. The van der Waals surface area contributed by atoms with E-state index >= 15 is 0 Å². The Bertz CT molecular complexity index is 804. The van der Waals surface area contributed by atoms with Crippen molar-refractivity contribution in [1.29, 1.82) is 0 Å². The van der Waals surface area contributed by atoms with Crippen LogP contribution >= 0.6 is 0 Å². The number of ether oxygens (including phenoxy) is 2. The smallest absolute Gasteiger partial charge is 0.269 e. The number of carbonyl (C=O) groups excluding carboxylic acids is 2. The van der Waals surface area contributed by atoms with Crippen molar-refractivity contribution in [3.05, 3.63) is 66.7 Å². The van der Waals surface area contributed by atoms with E-state index in [1.165, 1.54) is 0 Å². The number of nitrogens with one attached hydrogen (secondary N) is 2. The van der Waals surface area contributed by atoms with E-state index in [2.05, 4.69) is 17.2 Å². The van der Waals surface area contributed by atoms with Crippen molar-refractivity contribution in [2.24, 2.45) is 0 Å². The number of amides is 2. The molecule has 0 radical (unpaired) electrons. The summed E-state index contributed by atoms with van der Waals surface area (Å²) in [6.45, 7) is 4.01. The summed E-state index contributed by atoms with van der Waals surface area (Å²) in [5, 5.41) is 5.43. The van der Waals surface area contributed by atoms with Crippen molar-refractivity contribution >= 4 is 17.5 Å². The Kier molecular flexibility index (Phi) is 4.99. The Hall–Kier alpha value is -3.28. The number of anilines is 1. The van der Waals surface area contributed by atoms with Gasteiger partial charge in [0, 0.05) is 6.54 Å². The van der Waals surface area contributed by atoms with Gasteiger partial charge in [-0.3, -0.25) is 9.59 Å².